The molecule has 0 radical (unpaired) electrons. The highest BCUT2D eigenvalue weighted by Crippen LogP contribution is 2.35. The third kappa shape index (κ3) is 2.31. The summed E-state index contributed by atoms with van der Waals surface area (Å²) < 4.78 is 10.8. The van der Waals surface area contributed by atoms with Crippen molar-refractivity contribution in [3.8, 4) is 11.5 Å². The van der Waals surface area contributed by atoms with Crippen LogP contribution >= 0.6 is 0 Å². The van der Waals surface area contributed by atoms with Crippen molar-refractivity contribution in [1.82, 2.24) is 10.2 Å². The zero-order valence-electron chi connectivity index (χ0n) is 11.0. The Kier molecular flexibility index (Phi) is 3.14. The van der Waals surface area contributed by atoms with Gasteiger partial charge in [0.2, 0.25) is 6.79 Å². The van der Waals surface area contributed by atoms with Gasteiger partial charge in [-0.2, -0.15) is 0 Å². The molecule has 4 heteroatoms. The second-order valence-corrected chi connectivity index (χ2v) is 5.12. The summed E-state index contributed by atoms with van der Waals surface area (Å²) in [7, 11) is 4.21. The van der Waals surface area contributed by atoms with Gasteiger partial charge in [-0.25, -0.2) is 0 Å². The van der Waals surface area contributed by atoms with Crippen molar-refractivity contribution in [3.05, 3.63) is 23.8 Å². The van der Waals surface area contributed by atoms with Crippen molar-refractivity contribution in [2.75, 3.05) is 27.4 Å². The van der Waals surface area contributed by atoms with E-state index in [0.29, 0.717) is 12.8 Å². The molecule has 0 aromatic heterocycles. The first-order chi connectivity index (χ1) is 8.78. The number of hydrogen-bond donors (Lipinski definition) is 1. The molecule has 1 fully saturated rings. The van der Waals surface area contributed by atoms with E-state index in [4.69, 9.17) is 9.47 Å². The largest absolute Gasteiger partial charge is 0.454 e. The van der Waals surface area contributed by atoms with Crippen LogP contribution in [-0.2, 0) is 0 Å². The highest BCUT2D eigenvalue weighted by Gasteiger charge is 2.28. The molecule has 1 heterocycles. The van der Waals surface area contributed by atoms with Gasteiger partial charge in [0.25, 0.3) is 0 Å². The Balaban J connectivity index is 1.74. The molecule has 4 nitrogen and oxygen atoms in total. The fourth-order valence-electron chi connectivity index (χ4n) is 2.45. The van der Waals surface area contributed by atoms with Gasteiger partial charge in [-0.1, -0.05) is 6.07 Å². The van der Waals surface area contributed by atoms with Crippen LogP contribution in [0.1, 0.15) is 24.4 Å². The molecular weight excluding hydrogens is 228 g/mol. The van der Waals surface area contributed by atoms with Crippen LogP contribution in [0, 0.1) is 0 Å². The van der Waals surface area contributed by atoms with E-state index in [2.05, 4.69) is 29.4 Å². The van der Waals surface area contributed by atoms with E-state index >= 15 is 0 Å². The Morgan fingerprint density at radius 2 is 2.11 bits per heavy atom. The summed E-state index contributed by atoms with van der Waals surface area (Å²) in [6.45, 7) is 1.37. The maximum absolute atomic E-state index is 5.43. The molecule has 98 valence electrons. The van der Waals surface area contributed by atoms with Crippen molar-refractivity contribution in [1.29, 1.82) is 0 Å². The lowest BCUT2D eigenvalue weighted by Gasteiger charge is -2.24. The van der Waals surface area contributed by atoms with E-state index < -0.39 is 0 Å². The van der Waals surface area contributed by atoms with Crippen LogP contribution in [-0.4, -0.2) is 38.4 Å². The summed E-state index contributed by atoms with van der Waals surface area (Å²) in [5.74, 6) is 1.71. The lowest BCUT2D eigenvalue weighted by molar-refractivity contribution is 0.174. The van der Waals surface area contributed by atoms with Crippen LogP contribution in [0.2, 0.25) is 0 Å². The van der Waals surface area contributed by atoms with Gasteiger partial charge < -0.3 is 19.7 Å². The molecule has 1 aromatic carbocycles. The fraction of sp³-hybridized carbons (Fsp3) is 0.571. The molecule has 1 aliphatic heterocycles. The first-order valence-electron chi connectivity index (χ1n) is 6.55. The summed E-state index contributed by atoms with van der Waals surface area (Å²) in [5, 5.41) is 3.39. The molecule has 18 heavy (non-hydrogen) atoms. The van der Waals surface area contributed by atoms with Crippen molar-refractivity contribution >= 4 is 0 Å². The van der Waals surface area contributed by atoms with Crippen LogP contribution in [0.25, 0.3) is 0 Å². The van der Waals surface area contributed by atoms with Gasteiger partial charge >= 0.3 is 0 Å². The van der Waals surface area contributed by atoms with E-state index in [1.807, 2.05) is 13.1 Å². The van der Waals surface area contributed by atoms with Gasteiger partial charge in [-0.3, -0.25) is 0 Å². The third-order valence-corrected chi connectivity index (χ3v) is 3.79. The minimum atomic E-state index is 0.338. The summed E-state index contributed by atoms with van der Waals surface area (Å²) in [5.41, 5.74) is 1.26. The normalized spacial score (nSPS) is 19.3. The molecule has 2 aliphatic rings. The molecule has 3 rings (SSSR count). The average molecular weight is 248 g/mol. The lowest BCUT2D eigenvalue weighted by atomic mass is 10.1. The highest BCUT2D eigenvalue weighted by molar-refractivity contribution is 5.45. The number of ether oxygens (including phenoxy) is 2. The van der Waals surface area contributed by atoms with Crippen LogP contribution in [0.4, 0.5) is 0 Å². The van der Waals surface area contributed by atoms with Gasteiger partial charge in [0.1, 0.15) is 0 Å². The van der Waals surface area contributed by atoms with Crippen LogP contribution in [0.15, 0.2) is 18.2 Å². The number of benzene rings is 1. The van der Waals surface area contributed by atoms with Gasteiger partial charge in [0, 0.05) is 18.6 Å². The van der Waals surface area contributed by atoms with Crippen LogP contribution < -0.4 is 14.8 Å². The molecule has 0 amide bonds. The number of nitrogens with zero attached hydrogens (tertiary/aromatic N) is 1. The minimum Gasteiger partial charge on any atom is -0.454 e. The van der Waals surface area contributed by atoms with E-state index in [0.717, 1.165) is 24.1 Å². The number of likely N-dealkylation sites (N-methyl/N-ethyl adjacent to an activating group) is 2. The Morgan fingerprint density at radius 3 is 2.83 bits per heavy atom. The number of hydrogen-bond acceptors (Lipinski definition) is 4. The SMILES string of the molecule is CNC(CN(C)C1CC1)c1ccc2c(c1)OCO2. The van der Waals surface area contributed by atoms with Crippen molar-refractivity contribution < 1.29 is 9.47 Å². The Hall–Kier alpha value is -1.26. The zero-order chi connectivity index (χ0) is 12.5. The molecule has 1 aromatic rings. The molecular formula is C14H20N2O2. The van der Waals surface area contributed by atoms with Gasteiger partial charge in [0.05, 0.1) is 0 Å². The molecule has 0 bridgehead atoms. The maximum Gasteiger partial charge on any atom is 0.231 e. The van der Waals surface area contributed by atoms with Gasteiger partial charge in [0.15, 0.2) is 11.5 Å². The van der Waals surface area contributed by atoms with E-state index in [9.17, 15) is 0 Å². The molecule has 1 unspecified atom stereocenters. The second kappa shape index (κ2) is 4.78. The summed E-state index contributed by atoms with van der Waals surface area (Å²) in [6, 6.07) is 7.33. The standard InChI is InChI=1S/C14H20N2O2/c1-15-12(8-16(2)11-4-5-11)10-3-6-13-14(7-10)18-9-17-13/h3,6-7,11-12,15H,4-5,8-9H2,1-2H3. The minimum absolute atomic E-state index is 0.338. The van der Waals surface area contributed by atoms with Crippen LogP contribution in [0.3, 0.4) is 0 Å². The van der Waals surface area contributed by atoms with Gasteiger partial charge in [-0.05, 0) is 44.6 Å². The van der Waals surface area contributed by atoms with Crippen LogP contribution in [0.5, 0.6) is 11.5 Å². The molecule has 1 saturated carbocycles. The molecule has 0 spiro atoms. The molecule has 1 atom stereocenters. The van der Waals surface area contributed by atoms with E-state index in [1.165, 1.54) is 18.4 Å². The number of fused-ring (bicyclic) bond motifs is 1. The second-order valence-electron chi connectivity index (χ2n) is 5.12. The van der Waals surface area contributed by atoms with E-state index in [-0.39, 0.29) is 0 Å². The Labute approximate surface area is 108 Å². The molecule has 1 N–H and O–H groups in total. The third-order valence-electron chi connectivity index (χ3n) is 3.79. The predicted octanol–water partition coefficient (Wildman–Crippen LogP) is 1.77. The Morgan fingerprint density at radius 1 is 1.33 bits per heavy atom. The zero-order valence-corrected chi connectivity index (χ0v) is 11.0. The van der Waals surface area contributed by atoms with Crippen molar-refractivity contribution in [2.24, 2.45) is 0 Å². The highest BCUT2D eigenvalue weighted by atomic mass is 16.7. The smallest absolute Gasteiger partial charge is 0.231 e. The number of nitrogens with one attached hydrogen (secondary N) is 1. The van der Waals surface area contributed by atoms with Gasteiger partial charge in [-0.15, -0.1) is 0 Å². The average Bonchev–Trinajstić information content (AvgIpc) is 3.14. The van der Waals surface area contributed by atoms with Crippen molar-refractivity contribution in [3.63, 3.8) is 0 Å². The molecule has 0 saturated heterocycles. The fourth-order valence-corrected chi connectivity index (χ4v) is 2.45. The predicted molar refractivity (Wildman–Crippen MR) is 70.0 cm³/mol. The topological polar surface area (TPSA) is 33.7 Å². The monoisotopic (exact) mass is 248 g/mol. The Bertz CT molecular complexity index is 432. The quantitative estimate of drug-likeness (QED) is 0.861. The number of rotatable bonds is 5. The van der Waals surface area contributed by atoms with Crippen molar-refractivity contribution in [2.45, 2.75) is 24.9 Å². The summed E-state index contributed by atoms with van der Waals surface area (Å²) >= 11 is 0. The van der Waals surface area contributed by atoms with E-state index in [1.54, 1.807) is 0 Å². The summed E-state index contributed by atoms with van der Waals surface area (Å²) in [6.07, 6.45) is 2.68. The first-order valence-corrected chi connectivity index (χ1v) is 6.55. The maximum atomic E-state index is 5.43. The molecule has 1 aliphatic carbocycles. The first kappa shape index (κ1) is 11.8. The lowest BCUT2D eigenvalue weighted by Crippen LogP contribution is -2.32. The summed E-state index contributed by atoms with van der Waals surface area (Å²) in [4.78, 5) is 2.44.